The van der Waals surface area contributed by atoms with Crippen molar-refractivity contribution in [2.24, 2.45) is 0 Å². The average Bonchev–Trinajstić information content (AvgIpc) is 2.61. The molecule has 12 heteroatoms. The van der Waals surface area contributed by atoms with E-state index in [0.717, 1.165) is 24.3 Å². The summed E-state index contributed by atoms with van der Waals surface area (Å²) in [6.07, 6.45) is 0. The van der Waals surface area contributed by atoms with Crippen LogP contribution in [0.5, 0.6) is 0 Å². The average molecular weight is 387 g/mol. The summed E-state index contributed by atoms with van der Waals surface area (Å²) in [6, 6.07) is 5.86. The number of anilines is 1. The molecule has 0 aliphatic rings. The fourth-order valence-corrected chi connectivity index (χ4v) is 3.53. The molecule has 1 amide bonds. The second kappa shape index (κ2) is 7.41. The molecule has 0 fully saturated rings. The Bertz CT molecular complexity index is 967. The van der Waals surface area contributed by atoms with Crippen molar-refractivity contribution in [3.05, 3.63) is 64.2 Å². The van der Waals surface area contributed by atoms with Gasteiger partial charge in [-0.1, -0.05) is 6.07 Å². The number of carbonyl (C=O) groups is 1. The van der Waals surface area contributed by atoms with Crippen LogP contribution in [0.3, 0.4) is 0 Å². The van der Waals surface area contributed by atoms with Crippen molar-refractivity contribution in [1.29, 1.82) is 0 Å². The van der Waals surface area contributed by atoms with E-state index in [0.29, 0.717) is 22.5 Å². The van der Waals surface area contributed by atoms with Crippen LogP contribution in [-0.2, 0) is 14.8 Å². The van der Waals surface area contributed by atoms with Crippen LogP contribution < -0.4 is 9.79 Å². The van der Waals surface area contributed by atoms with Crippen molar-refractivity contribution < 1.29 is 32.1 Å². The van der Waals surface area contributed by atoms with Gasteiger partial charge in [-0.05, 0) is 24.3 Å². The van der Waals surface area contributed by atoms with Crippen LogP contribution in [0.15, 0.2) is 47.4 Å². The highest BCUT2D eigenvalue weighted by Gasteiger charge is 2.31. The van der Waals surface area contributed by atoms with Gasteiger partial charge >= 0.3 is 0 Å². The zero-order valence-electron chi connectivity index (χ0n) is 12.8. The lowest BCUT2D eigenvalue weighted by molar-refractivity contribution is -0.384. The molecule has 0 radical (unpaired) electrons. The van der Waals surface area contributed by atoms with E-state index in [1.807, 2.05) is 0 Å². The molecule has 0 aromatic heterocycles. The Morgan fingerprint density at radius 2 is 1.92 bits per heavy atom. The number of carbonyl (C=O) groups excluding carboxylic acids is 1. The standard InChI is InChI=1S/C14H11F2N3O6S/c15-9-4-5-12(16)13(6-9)26(24,25)18(8-14(20)17-21)10-2-1-3-11(7-10)19(22)23/h1-7,21H,8H2,(H,17,20). The molecule has 138 valence electrons. The number of hydrogen-bond acceptors (Lipinski definition) is 6. The lowest BCUT2D eigenvalue weighted by Crippen LogP contribution is -2.40. The summed E-state index contributed by atoms with van der Waals surface area (Å²) in [5.41, 5.74) is 0.357. The number of hydroxylamine groups is 1. The van der Waals surface area contributed by atoms with Gasteiger partial charge in [-0.3, -0.25) is 24.4 Å². The zero-order chi connectivity index (χ0) is 19.5. The number of rotatable bonds is 6. The second-order valence-corrected chi connectivity index (χ2v) is 6.73. The molecule has 0 aliphatic heterocycles. The molecule has 0 aliphatic carbocycles. The molecule has 2 N–H and O–H groups in total. The van der Waals surface area contributed by atoms with Gasteiger partial charge in [0, 0.05) is 12.1 Å². The monoisotopic (exact) mass is 387 g/mol. The van der Waals surface area contributed by atoms with E-state index in [9.17, 15) is 32.1 Å². The molecule has 0 spiro atoms. The van der Waals surface area contributed by atoms with E-state index < -0.39 is 49.6 Å². The second-order valence-electron chi connectivity index (χ2n) is 4.90. The minimum Gasteiger partial charge on any atom is -0.289 e. The van der Waals surface area contributed by atoms with Crippen LogP contribution >= 0.6 is 0 Å². The molecule has 2 rings (SSSR count). The summed E-state index contributed by atoms with van der Waals surface area (Å²) in [5, 5.41) is 19.5. The fraction of sp³-hybridized carbons (Fsp3) is 0.0714. The Labute approximate surface area is 145 Å². The normalized spacial score (nSPS) is 11.0. The molecule has 0 saturated heterocycles. The first kappa shape index (κ1) is 19.2. The molecule has 2 aromatic carbocycles. The SMILES string of the molecule is O=C(CN(c1cccc([N+](=O)[O-])c1)S(=O)(=O)c1cc(F)ccc1F)NO. The van der Waals surface area contributed by atoms with Gasteiger partial charge in [0.15, 0.2) is 0 Å². The largest absolute Gasteiger partial charge is 0.289 e. The number of nitrogens with one attached hydrogen (secondary N) is 1. The Morgan fingerprint density at radius 3 is 2.54 bits per heavy atom. The third kappa shape index (κ3) is 3.92. The van der Waals surface area contributed by atoms with Crippen LogP contribution in [0.2, 0.25) is 0 Å². The summed E-state index contributed by atoms with van der Waals surface area (Å²) in [6.45, 7) is -1.03. The Balaban J connectivity index is 2.64. The maximum atomic E-state index is 13.9. The lowest BCUT2D eigenvalue weighted by Gasteiger charge is -2.23. The highest BCUT2D eigenvalue weighted by atomic mass is 32.2. The van der Waals surface area contributed by atoms with E-state index in [2.05, 4.69) is 0 Å². The topological polar surface area (TPSA) is 130 Å². The maximum Gasteiger partial charge on any atom is 0.271 e. The first-order chi connectivity index (χ1) is 12.2. The Hall–Kier alpha value is -3.12. The summed E-state index contributed by atoms with van der Waals surface area (Å²) < 4.78 is 53.1. The predicted octanol–water partition coefficient (Wildman–Crippen LogP) is 1.57. The van der Waals surface area contributed by atoms with Crippen molar-refractivity contribution in [2.75, 3.05) is 10.8 Å². The summed E-state index contributed by atoms with van der Waals surface area (Å²) in [7, 11) is -4.83. The third-order valence-corrected chi connectivity index (χ3v) is 4.99. The van der Waals surface area contributed by atoms with Crippen LogP contribution in [-0.4, -0.2) is 31.0 Å². The van der Waals surface area contributed by atoms with Gasteiger partial charge in [0.25, 0.3) is 21.6 Å². The van der Waals surface area contributed by atoms with Gasteiger partial charge in [-0.15, -0.1) is 0 Å². The van der Waals surface area contributed by atoms with Crippen LogP contribution in [0.25, 0.3) is 0 Å². The molecule has 9 nitrogen and oxygen atoms in total. The molecule has 0 bridgehead atoms. The van der Waals surface area contributed by atoms with E-state index in [1.165, 1.54) is 5.48 Å². The number of amides is 1. The number of nitrogens with zero attached hydrogens (tertiary/aromatic N) is 2. The van der Waals surface area contributed by atoms with E-state index in [1.54, 1.807) is 0 Å². The van der Waals surface area contributed by atoms with Gasteiger partial charge in [-0.25, -0.2) is 22.7 Å². The van der Waals surface area contributed by atoms with Crippen molar-refractivity contribution in [2.45, 2.75) is 4.90 Å². The van der Waals surface area contributed by atoms with Crippen molar-refractivity contribution in [3.63, 3.8) is 0 Å². The number of nitro benzene ring substituents is 1. The third-order valence-electron chi connectivity index (χ3n) is 3.20. The quantitative estimate of drug-likeness (QED) is 0.440. The van der Waals surface area contributed by atoms with E-state index in [-0.39, 0.29) is 5.69 Å². The smallest absolute Gasteiger partial charge is 0.271 e. The molecule has 0 saturated carbocycles. The molecule has 0 heterocycles. The number of benzene rings is 2. The van der Waals surface area contributed by atoms with Gasteiger partial charge in [0.2, 0.25) is 0 Å². The highest BCUT2D eigenvalue weighted by Crippen LogP contribution is 2.28. The molecule has 2 aromatic rings. The summed E-state index contributed by atoms with van der Waals surface area (Å²) in [5.74, 6) is -3.53. The highest BCUT2D eigenvalue weighted by molar-refractivity contribution is 7.92. The lowest BCUT2D eigenvalue weighted by atomic mass is 10.3. The fourth-order valence-electron chi connectivity index (χ4n) is 2.04. The van der Waals surface area contributed by atoms with Gasteiger partial charge in [-0.2, -0.15) is 0 Å². The summed E-state index contributed by atoms with van der Waals surface area (Å²) >= 11 is 0. The zero-order valence-corrected chi connectivity index (χ0v) is 13.6. The predicted molar refractivity (Wildman–Crippen MR) is 83.9 cm³/mol. The number of non-ortho nitro benzene ring substituents is 1. The number of halogens is 2. The van der Waals surface area contributed by atoms with Gasteiger partial charge in [0.1, 0.15) is 23.1 Å². The number of sulfonamides is 1. The van der Waals surface area contributed by atoms with Crippen LogP contribution in [0.1, 0.15) is 0 Å². The number of hydrogen-bond donors (Lipinski definition) is 2. The minimum absolute atomic E-state index is 0.309. The van der Waals surface area contributed by atoms with Crippen LogP contribution in [0, 0.1) is 21.7 Å². The molecule has 26 heavy (non-hydrogen) atoms. The maximum absolute atomic E-state index is 13.9. The van der Waals surface area contributed by atoms with Gasteiger partial charge in [0.05, 0.1) is 10.6 Å². The van der Waals surface area contributed by atoms with Crippen LogP contribution in [0.4, 0.5) is 20.2 Å². The van der Waals surface area contributed by atoms with E-state index in [4.69, 9.17) is 5.21 Å². The molecule has 0 atom stereocenters. The van der Waals surface area contributed by atoms with Gasteiger partial charge < -0.3 is 0 Å². The van der Waals surface area contributed by atoms with Crippen molar-refractivity contribution in [3.8, 4) is 0 Å². The van der Waals surface area contributed by atoms with E-state index >= 15 is 0 Å². The molecular formula is C14H11F2N3O6S. The summed E-state index contributed by atoms with van der Waals surface area (Å²) in [4.78, 5) is 20.5. The molecular weight excluding hydrogens is 376 g/mol. The number of nitro groups is 1. The molecule has 0 unspecified atom stereocenters. The Morgan fingerprint density at radius 1 is 1.23 bits per heavy atom. The minimum atomic E-state index is -4.83. The van der Waals surface area contributed by atoms with Crippen molar-refractivity contribution >= 4 is 27.3 Å². The Kier molecular flexibility index (Phi) is 5.47. The van der Waals surface area contributed by atoms with Crippen molar-refractivity contribution in [1.82, 2.24) is 5.48 Å². The first-order valence-electron chi connectivity index (χ1n) is 6.82. The first-order valence-corrected chi connectivity index (χ1v) is 8.26.